The van der Waals surface area contributed by atoms with Gasteiger partial charge >= 0.3 is 0 Å². The van der Waals surface area contributed by atoms with Crippen LogP contribution in [-0.2, 0) is 0 Å². The highest BCUT2D eigenvalue weighted by Gasteiger charge is 2.26. The number of pyridine rings is 1. The van der Waals surface area contributed by atoms with Crippen molar-refractivity contribution in [3.8, 4) is 23.1 Å². The van der Waals surface area contributed by atoms with Crippen molar-refractivity contribution in [2.45, 2.75) is 58.9 Å². The summed E-state index contributed by atoms with van der Waals surface area (Å²) < 4.78 is 0. The van der Waals surface area contributed by atoms with Crippen molar-refractivity contribution in [3.63, 3.8) is 0 Å². The molecular weight excluding hydrogens is 344 g/mol. The number of hydrogen-bond donors (Lipinski definition) is 3. The minimum Gasteiger partial charge on any atom is -0.501 e. The second-order valence-electron chi connectivity index (χ2n) is 7.33. The van der Waals surface area contributed by atoms with E-state index in [0.29, 0.717) is 11.6 Å². The number of carbonyl (C=O) groups is 1. The summed E-state index contributed by atoms with van der Waals surface area (Å²) >= 11 is 0. The molecule has 7 nitrogen and oxygen atoms in total. The number of carbonyl (C=O) groups excluding carboxylic acids is 1. The third kappa shape index (κ3) is 4.18. The van der Waals surface area contributed by atoms with Gasteiger partial charge in [-0.15, -0.1) is 0 Å². The van der Waals surface area contributed by atoms with Crippen LogP contribution in [0.3, 0.4) is 0 Å². The smallest absolute Gasteiger partial charge is 0.274 e. The van der Waals surface area contributed by atoms with E-state index >= 15 is 0 Å². The molecule has 2 aromatic heterocycles. The van der Waals surface area contributed by atoms with Gasteiger partial charge in [-0.1, -0.05) is 25.3 Å². The van der Waals surface area contributed by atoms with E-state index in [4.69, 9.17) is 0 Å². The molecule has 1 atom stereocenters. The van der Waals surface area contributed by atoms with Crippen molar-refractivity contribution in [3.05, 3.63) is 29.1 Å². The first-order valence-corrected chi connectivity index (χ1v) is 9.42. The Balaban J connectivity index is 1.86. The van der Waals surface area contributed by atoms with Crippen LogP contribution in [0.25, 0.3) is 11.5 Å². The normalized spacial score (nSPS) is 16.1. The van der Waals surface area contributed by atoms with Gasteiger partial charge in [0.15, 0.2) is 11.5 Å². The summed E-state index contributed by atoms with van der Waals surface area (Å²) in [5.41, 5.74) is 2.02. The van der Waals surface area contributed by atoms with Gasteiger partial charge in [-0.05, 0) is 51.2 Å². The fourth-order valence-electron chi connectivity index (χ4n) is 3.50. The lowest BCUT2D eigenvalue weighted by atomic mass is 9.84. The molecule has 1 aliphatic rings. The van der Waals surface area contributed by atoms with Crippen molar-refractivity contribution >= 4 is 5.91 Å². The molecule has 2 heterocycles. The van der Waals surface area contributed by atoms with Crippen LogP contribution in [0, 0.1) is 19.8 Å². The predicted molar refractivity (Wildman–Crippen MR) is 102 cm³/mol. The molecule has 1 fully saturated rings. The average molecular weight is 370 g/mol. The SMILES string of the molecule is Cc1ccc(-c2nc(O)c(O)c(C(=O)N[C@H](C)C3CCCCC3)n2)nc1C. The van der Waals surface area contributed by atoms with Crippen LogP contribution in [0.2, 0.25) is 0 Å². The fourth-order valence-corrected chi connectivity index (χ4v) is 3.50. The van der Waals surface area contributed by atoms with Gasteiger partial charge in [0.1, 0.15) is 5.69 Å². The first-order chi connectivity index (χ1) is 12.9. The largest absolute Gasteiger partial charge is 0.501 e. The minimum atomic E-state index is -0.629. The van der Waals surface area contributed by atoms with E-state index in [0.717, 1.165) is 24.1 Å². The molecule has 1 amide bonds. The van der Waals surface area contributed by atoms with E-state index in [1.807, 2.05) is 26.8 Å². The molecule has 0 aliphatic heterocycles. The van der Waals surface area contributed by atoms with Gasteiger partial charge < -0.3 is 15.5 Å². The number of hydrogen-bond acceptors (Lipinski definition) is 6. The molecule has 0 aromatic carbocycles. The van der Waals surface area contributed by atoms with Crippen LogP contribution in [0.5, 0.6) is 11.6 Å². The van der Waals surface area contributed by atoms with Crippen molar-refractivity contribution in [2.75, 3.05) is 0 Å². The fraction of sp³-hybridized carbons (Fsp3) is 0.500. The van der Waals surface area contributed by atoms with E-state index in [2.05, 4.69) is 20.3 Å². The van der Waals surface area contributed by atoms with E-state index < -0.39 is 17.5 Å². The maximum Gasteiger partial charge on any atom is 0.274 e. The Bertz CT molecular complexity index is 847. The number of nitrogens with zero attached hydrogens (tertiary/aromatic N) is 3. The van der Waals surface area contributed by atoms with Crippen molar-refractivity contribution in [1.82, 2.24) is 20.3 Å². The molecule has 27 heavy (non-hydrogen) atoms. The van der Waals surface area contributed by atoms with Crippen LogP contribution >= 0.6 is 0 Å². The van der Waals surface area contributed by atoms with Gasteiger partial charge in [0.2, 0.25) is 5.75 Å². The van der Waals surface area contributed by atoms with E-state index in [1.54, 1.807) is 6.07 Å². The Morgan fingerprint density at radius 3 is 2.48 bits per heavy atom. The number of aromatic hydroxyl groups is 2. The highest BCUT2D eigenvalue weighted by molar-refractivity contribution is 5.96. The van der Waals surface area contributed by atoms with Crippen LogP contribution in [0.4, 0.5) is 0 Å². The van der Waals surface area contributed by atoms with Gasteiger partial charge in [0.05, 0.1) is 0 Å². The third-order valence-electron chi connectivity index (χ3n) is 5.38. The van der Waals surface area contributed by atoms with Crippen molar-refractivity contribution < 1.29 is 15.0 Å². The molecule has 0 bridgehead atoms. The van der Waals surface area contributed by atoms with Gasteiger partial charge in [0, 0.05) is 11.7 Å². The second-order valence-corrected chi connectivity index (χ2v) is 7.33. The maximum atomic E-state index is 12.7. The first kappa shape index (κ1) is 19.1. The lowest BCUT2D eigenvalue weighted by Crippen LogP contribution is -2.39. The number of nitrogens with one attached hydrogen (secondary N) is 1. The zero-order chi connectivity index (χ0) is 19.6. The molecule has 0 spiro atoms. The van der Waals surface area contributed by atoms with E-state index in [-0.39, 0.29) is 17.6 Å². The van der Waals surface area contributed by atoms with Crippen LogP contribution in [-0.4, -0.2) is 37.1 Å². The molecule has 3 rings (SSSR count). The molecule has 3 N–H and O–H groups in total. The summed E-state index contributed by atoms with van der Waals surface area (Å²) in [5.74, 6) is -1.25. The Morgan fingerprint density at radius 2 is 1.81 bits per heavy atom. The molecule has 144 valence electrons. The Hall–Kier alpha value is -2.70. The zero-order valence-corrected chi connectivity index (χ0v) is 16.0. The minimum absolute atomic E-state index is 0.0301. The lowest BCUT2D eigenvalue weighted by Gasteiger charge is -2.28. The van der Waals surface area contributed by atoms with Crippen LogP contribution in [0.1, 0.15) is 60.8 Å². The van der Waals surface area contributed by atoms with Crippen LogP contribution < -0.4 is 5.32 Å². The molecule has 1 aliphatic carbocycles. The molecule has 1 saturated carbocycles. The third-order valence-corrected chi connectivity index (χ3v) is 5.38. The maximum absolute atomic E-state index is 12.7. The number of aromatic nitrogens is 3. The highest BCUT2D eigenvalue weighted by Crippen LogP contribution is 2.30. The van der Waals surface area contributed by atoms with Gasteiger partial charge in [-0.25, -0.2) is 9.97 Å². The summed E-state index contributed by atoms with van der Waals surface area (Å²) in [4.78, 5) is 25.1. The number of rotatable bonds is 4. The molecule has 7 heteroatoms. The Kier molecular flexibility index (Phi) is 5.58. The van der Waals surface area contributed by atoms with Crippen molar-refractivity contribution in [2.24, 2.45) is 5.92 Å². The molecule has 0 radical (unpaired) electrons. The lowest BCUT2D eigenvalue weighted by molar-refractivity contribution is 0.0910. The van der Waals surface area contributed by atoms with Gasteiger partial charge in [-0.3, -0.25) is 4.79 Å². The summed E-state index contributed by atoms with van der Waals surface area (Å²) in [7, 11) is 0. The Morgan fingerprint density at radius 1 is 1.11 bits per heavy atom. The Labute approximate surface area is 158 Å². The highest BCUT2D eigenvalue weighted by atomic mass is 16.3. The average Bonchev–Trinajstić information content (AvgIpc) is 2.66. The van der Waals surface area contributed by atoms with Crippen LogP contribution in [0.15, 0.2) is 12.1 Å². The number of aryl methyl sites for hydroxylation is 2. The first-order valence-electron chi connectivity index (χ1n) is 9.42. The predicted octanol–water partition coefficient (Wildman–Crippen LogP) is 3.27. The summed E-state index contributed by atoms with van der Waals surface area (Å²) in [6.45, 7) is 5.77. The monoisotopic (exact) mass is 370 g/mol. The quantitative estimate of drug-likeness (QED) is 0.762. The zero-order valence-electron chi connectivity index (χ0n) is 16.0. The van der Waals surface area contributed by atoms with E-state index in [9.17, 15) is 15.0 Å². The van der Waals surface area contributed by atoms with Crippen molar-refractivity contribution in [1.29, 1.82) is 0 Å². The molecular formula is C20H26N4O3. The van der Waals surface area contributed by atoms with Gasteiger partial charge in [-0.2, -0.15) is 4.98 Å². The molecule has 2 aromatic rings. The standard InChI is InChI=1S/C20H26N4O3/c1-11-9-10-15(21-12(11)2)18-23-16(17(25)20(27)24-18)19(26)22-13(3)14-7-5-4-6-8-14/h9-10,13-14,25H,4-8H2,1-3H3,(H,22,26)(H,23,24,27)/t13-/m1/s1. The van der Waals surface area contributed by atoms with Gasteiger partial charge in [0.25, 0.3) is 11.8 Å². The summed E-state index contributed by atoms with van der Waals surface area (Å²) in [6, 6.07) is 3.56. The molecule has 0 unspecified atom stereocenters. The summed E-state index contributed by atoms with van der Waals surface area (Å²) in [6.07, 6.45) is 5.75. The topological polar surface area (TPSA) is 108 Å². The molecule has 0 saturated heterocycles. The summed E-state index contributed by atoms with van der Waals surface area (Å²) in [5, 5.41) is 23.0. The number of amides is 1. The second kappa shape index (κ2) is 7.90. The van der Waals surface area contributed by atoms with E-state index in [1.165, 1.54) is 19.3 Å².